The number of hydrogen-bond acceptors (Lipinski definition) is 14. The topological polar surface area (TPSA) is 222 Å². The van der Waals surface area contributed by atoms with Gasteiger partial charge in [0.05, 0.1) is 13.1 Å². The van der Waals surface area contributed by atoms with Crippen LogP contribution in [0.4, 0.5) is 0 Å². The van der Waals surface area contributed by atoms with Crippen LogP contribution in [-0.2, 0) is 83.2 Å². The lowest BCUT2D eigenvalue weighted by molar-refractivity contribution is -0.176. The predicted molar refractivity (Wildman–Crippen MR) is 293 cm³/mol. The number of rotatable bonds is 15. The summed E-state index contributed by atoms with van der Waals surface area (Å²) in [5, 5.41) is 8.60. The lowest BCUT2D eigenvalue weighted by Crippen LogP contribution is -2.55. The summed E-state index contributed by atoms with van der Waals surface area (Å²) in [6.45, 7) is 18.0. The maximum absolute atomic E-state index is 15.0. The van der Waals surface area contributed by atoms with Crippen LogP contribution in [0.3, 0.4) is 0 Å². The molecule has 2 aromatic carbocycles. The largest absolute Gasteiger partial charge is 0.451 e. The number of ether oxygens (including phenoxy) is 4. The minimum Gasteiger partial charge on any atom is -0.451 e. The highest BCUT2D eigenvalue weighted by molar-refractivity contribution is 5.94. The number of aromatic nitrogens is 4. The van der Waals surface area contributed by atoms with Crippen LogP contribution < -0.4 is 0 Å². The van der Waals surface area contributed by atoms with Gasteiger partial charge in [0.25, 0.3) is 23.6 Å². The van der Waals surface area contributed by atoms with Crippen molar-refractivity contribution in [2.45, 2.75) is 163 Å². The Kier molecular flexibility index (Phi) is 22.5. The van der Waals surface area contributed by atoms with Crippen LogP contribution in [0.2, 0.25) is 0 Å². The fourth-order valence-corrected chi connectivity index (χ4v) is 9.77. The van der Waals surface area contributed by atoms with Crippen LogP contribution in [-0.4, -0.2) is 163 Å². The molecule has 1 aliphatic rings. The van der Waals surface area contributed by atoms with Crippen LogP contribution in [0.25, 0.3) is 0 Å². The van der Waals surface area contributed by atoms with Crippen molar-refractivity contribution in [3.63, 3.8) is 0 Å². The van der Waals surface area contributed by atoms with Gasteiger partial charge in [0.15, 0.2) is 24.4 Å². The molecule has 0 bridgehead atoms. The third-order valence-electron chi connectivity index (χ3n) is 14.0. The van der Waals surface area contributed by atoms with Crippen molar-refractivity contribution in [3.8, 4) is 0 Å². The molecule has 20 nitrogen and oxygen atoms in total. The van der Waals surface area contributed by atoms with Crippen LogP contribution >= 0.6 is 0 Å². The van der Waals surface area contributed by atoms with Gasteiger partial charge in [-0.15, -0.1) is 0 Å². The van der Waals surface area contributed by atoms with E-state index in [2.05, 4.69) is 10.2 Å². The van der Waals surface area contributed by atoms with Crippen LogP contribution in [0.15, 0.2) is 85.5 Å². The number of carbonyl (C=O) groups is 8. The van der Waals surface area contributed by atoms with Gasteiger partial charge in [0.2, 0.25) is 0 Å². The summed E-state index contributed by atoms with van der Waals surface area (Å²) in [6.07, 6.45) is 0.839. The zero-order valence-corrected chi connectivity index (χ0v) is 48.4. The summed E-state index contributed by atoms with van der Waals surface area (Å²) in [5.74, 6) is -7.90. The van der Waals surface area contributed by atoms with Crippen molar-refractivity contribution in [1.29, 1.82) is 0 Å². The summed E-state index contributed by atoms with van der Waals surface area (Å²) in [7, 11) is 5.55. The number of nitrogens with zero attached hydrogens (tertiary/aromatic N) is 8. The molecule has 0 saturated carbocycles. The van der Waals surface area contributed by atoms with Gasteiger partial charge in [0.1, 0.15) is 24.2 Å². The summed E-state index contributed by atoms with van der Waals surface area (Å²) in [6, 6.07) is 13.1. The van der Waals surface area contributed by atoms with Crippen molar-refractivity contribution in [2.75, 3.05) is 28.2 Å². The van der Waals surface area contributed by atoms with E-state index in [9.17, 15) is 33.6 Å². The average molecular weight is 1100 g/mol. The molecule has 430 valence electrons. The summed E-state index contributed by atoms with van der Waals surface area (Å²) in [4.78, 5) is 122. The van der Waals surface area contributed by atoms with Crippen molar-refractivity contribution in [2.24, 2.45) is 23.7 Å². The van der Waals surface area contributed by atoms with Gasteiger partial charge in [-0.05, 0) is 91.2 Å². The van der Waals surface area contributed by atoms with Gasteiger partial charge >= 0.3 is 23.9 Å². The van der Waals surface area contributed by atoms with Crippen molar-refractivity contribution in [3.05, 3.63) is 108 Å². The first kappa shape index (κ1) is 62.5. The van der Waals surface area contributed by atoms with Gasteiger partial charge < -0.3 is 38.5 Å². The summed E-state index contributed by atoms with van der Waals surface area (Å²) < 4.78 is 27.6. The van der Waals surface area contributed by atoms with E-state index < -0.39 is 102 Å². The Labute approximate surface area is 465 Å². The molecule has 79 heavy (non-hydrogen) atoms. The van der Waals surface area contributed by atoms with Crippen molar-refractivity contribution >= 4 is 47.5 Å². The van der Waals surface area contributed by atoms with E-state index in [-0.39, 0.29) is 49.9 Å². The molecule has 0 spiro atoms. The quantitative estimate of drug-likeness (QED) is 0.102. The minimum absolute atomic E-state index is 0.0800. The van der Waals surface area contributed by atoms with E-state index in [4.69, 9.17) is 18.9 Å². The monoisotopic (exact) mass is 1090 g/mol. The lowest BCUT2D eigenvalue weighted by Gasteiger charge is -2.36. The number of carbonyl (C=O) groups excluding carboxylic acids is 8. The molecule has 1 fully saturated rings. The van der Waals surface area contributed by atoms with Crippen LogP contribution in [0.5, 0.6) is 0 Å². The average Bonchev–Trinajstić information content (AvgIpc) is 4.14. The third kappa shape index (κ3) is 17.3. The number of hydrogen-bond donors (Lipinski definition) is 0. The molecule has 0 N–H and O–H groups in total. The fraction of sp³-hybridized carbons (Fsp3) is 0.559. The first-order chi connectivity index (χ1) is 37.2. The molecule has 5 rings (SSSR count). The van der Waals surface area contributed by atoms with Crippen molar-refractivity contribution < 1.29 is 57.3 Å². The molecule has 4 aromatic rings. The number of likely N-dealkylation sites (N-methyl/N-ethyl adjacent to an activating group) is 4. The Morgan fingerprint density at radius 2 is 0.785 bits per heavy atom. The van der Waals surface area contributed by atoms with E-state index in [1.54, 1.807) is 72.0 Å². The molecular formula is C59H82N8O12. The Balaban J connectivity index is 1.60. The number of benzene rings is 2. The third-order valence-corrected chi connectivity index (χ3v) is 14.0. The number of amides is 4. The molecule has 3 heterocycles. The predicted octanol–water partition coefficient (Wildman–Crippen LogP) is 5.76. The fourth-order valence-electron chi connectivity index (χ4n) is 9.77. The molecule has 8 atom stereocenters. The SMILES string of the molecule is CC(C)C[C@H]1C(=O)O[C@H](Cc2cccc(Cn3cccn3)c2)C(=O)N(C)[C@@H](CC(C)C)C(=O)O[C@H](C)C(=O)N(C)[C@@H](CC(C)C)C(=O)O[C@H](Cc2cccc(Cn3cccn3)c2)C(=O)N(C)C(C(C)C)C(=O)O[C@H](C)C(=O)N1C. The number of cyclic esters (lactones) is 4. The smallest absolute Gasteiger partial charge is 0.329 e. The molecule has 0 radical (unpaired) electrons. The van der Waals surface area contributed by atoms with E-state index in [0.29, 0.717) is 24.2 Å². The van der Waals surface area contributed by atoms with Gasteiger partial charge in [-0.25, -0.2) is 19.2 Å². The summed E-state index contributed by atoms with van der Waals surface area (Å²) in [5.41, 5.74) is 2.92. The van der Waals surface area contributed by atoms with E-state index in [1.807, 2.05) is 78.2 Å². The lowest BCUT2D eigenvalue weighted by atomic mass is 9.99. The molecule has 2 aromatic heterocycles. The number of esters is 4. The van der Waals surface area contributed by atoms with Gasteiger partial charge in [0, 0.05) is 65.8 Å². The Morgan fingerprint density at radius 1 is 0.443 bits per heavy atom. The molecule has 4 amide bonds. The highest BCUT2D eigenvalue weighted by Crippen LogP contribution is 2.25. The van der Waals surface area contributed by atoms with E-state index >= 15 is 4.79 Å². The molecule has 0 aliphatic carbocycles. The second kappa shape index (κ2) is 28.5. The molecule has 20 heteroatoms. The Bertz CT molecular complexity index is 2700. The van der Waals surface area contributed by atoms with E-state index in [1.165, 1.54) is 42.0 Å². The molecule has 1 saturated heterocycles. The first-order valence-electron chi connectivity index (χ1n) is 27.2. The zero-order chi connectivity index (χ0) is 58.4. The second-order valence-electron chi connectivity index (χ2n) is 22.4. The van der Waals surface area contributed by atoms with Crippen LogP contribution in [0, 0.1) is 23.7 Å². The Morgan fingerprint density at radius 3 is 1.14 bits per heavy atom. The molecule has 1 aliphatic heterocycles. The standard InChI is InChI=1S/C59H82N8O12/c1-36(2)27-46-56(72)76-40(9)52(68)62(11)48(29-38(5)6)58(74)79-50(33-43-20-16-22-45(31-43)35-67-26-18-24-61-67)55(71)65(14)51(39(7)8)59(75)77-41(10)53(69)63(12)47(28-37(3)4)57(73)78-49(54(70)64(46)13)32-42-19-15-21-44(30-42)34-66-25-17-23-60-66/h15-26,30-31,36-41,46-51H,27-29,32-35H2,1-14H3/t40-,41-,46+,47+,48+,49-,50-,51?/m1/s1. The van der Waals surface area contributed by atoms with Gasteiger partial charge in [-0.1, -0.05) is 104 Å². The zero-order valence-electron chi connectivity index (χ0n) is 48.4. The molecular weight excluding hydrogens is 1010 g/mol. The highest BCUT2D eigenvalue weighted by Gasteiger charge is 2.43. The van der Waals surface area contributed by atoms with Gasteiger partial charge in [-0.3, -0.25) is 28.5 Å². The highest BCUT2D eigenvalue weighted by atomic mass is 16.6. The second-order valence-corrected chi connectivity index (χ2v) is 22.4. The Hall–Kier alpha value is -7.38. The summed E-state index contributed by atoms with van der Waals surface area (Å²) >= 11 is 0. The maximum Gasteiger partial charge on any atom is 0.329 e. The van der Waals surface area contributed by atoms with Crippen molar-refractivity contribution in [1.82, 2.24) is 39.2 Å². The van der Waals surface area contributed by atoms with Crippen LogP contribution in [0.1, 0.15) is 111 Å². The van der Waals surface area contributed by atoms with E-state index in [0.717, 1.165) is 30.7 Å². The normalized spacial score (nSPS) is 23.4. The first-order valence-corrected chi connectivity index (χ1v) is 27.2. The minimum atomic E-state index is -1.54. The van der Waals surface area contributed by atoms with Gasteiger partial charge in [-0.2, -0.15) is 10.2 Å². The molecule has 1 unspecified atom stereocenters. The maximum atomic E-state index is 15.0.